The van der Waals surface area contributed by atoms with Crippen LogP contribution in [0.2, 0.25) is 0 Å². The Morgan fingerprint density at radius 2 is 1.75 bits per heavy atom. The van der Waals surface area contributed by atoms with E-state index < -0.39 is 0 Å². The number of anilines is 3. The Labute approximate surface area is 120 Å². The molecule has 0 bridgehead atoms. The van der Waals surface area contributed by atoms with Crippen molar-refractivity contribution in [2.24, 2.45) is 0 Å². The molecule has 2 N–H and O–H groups in total. The Morgan fingerprint density at radius 3 is 2.35 bits per heavy atom. The molecule has 0 radical (unpaired) electrons. The molecular weight excluding hydrogens is 246 g/mol. The van der Waals surface area contributed by atoms with Gasteiger partial charge >= 0.3 is 0 Å². The van der Waals surface area contributed by atoms with Gasteiger partial charge in [-0.25, -0.2) is 0 Å². The molecule has 0 atom stereocenters. The lowest BCUT2D eigenvalue weighted by Crippen LogP contribution is -2.10. The minimum atomic E-state index is 0.336. The van der Waals surface area contributed by atoms with Gasteiger partial charge in [-0.3, -0.25) is 0 Å². The molecule has 2 rings (SSSR count). The highest BCUT2D eigenvalue weighted by Crippen LogP contribution is 2.27. The van der Waals surface area contributed by atoms with Crippen LogP contribution in [0.3, 0.4) is 0 Å². The summed E-state index contributed by atoms with van der Waals surface area (Å²) in [4.78, 5) is 2.10. The third kappa shape index (κ3) is 2.92. The topological polar surface area (TPSA) is 53.0 Å². The molecule has 3 nitrogen and oxygen atoms in total. The van der Waals surface area contributed by atoms with E-state index in [4.69, 9.17) is 11.0 Å². The summed E-state index contributed by atoms with van der Waals surface area (Å²) in [5.74, 6) is 0. The first-order valence-corrected chi connectivity index (χ1v) is 6.73. The number of nitrogens with zero attached hydrogens (tertiary/aromatic N) is 2. The normalized spacial score (nSPS) is 10.1. The first-order chi connectivity index (χ1) is 9.65. The van der Waals surface area contributed by atoms with Gasteiger partial charge in [0.1, 0.15) is 0 Å². The van der Waals surface area contributed by atoms with E-state index in [2.05, 4.69) is 42.2 Å². The van der Waals surface area contributed by atoms with Crippen LogP contribution in [0.25, 0.3) is 0 Å². The molecule has 0 amide bonds. The molecule has 2 aromatic carbocycles. The van der Waals surface area contributed by atoms with Crippen molar-refractivity contribution in [2.75, 3.05) is 17.7 Å². The van der Waals surface area contributed by atoms with Crippen molar-refractivity contribution in [1.29, 1.82) is 5.26 Å². The molecule has 0 unspecified atom stereocenters. The molecule has 102 valence electrons. The molecule has 20 heavy (non-hydrogen) atoms. The third-order valence-electron chi connectivity index (χ3n) is 3.52. The van der Waals surface area contributed by atoms with Crippen molar-refractivity contribution < 1.29 is 0 Å². The Kier molecular flexibility index (Phi) is 4.27. The van der Waals surface area contributed by atoms with E-state index in [0.29, 0.717) is 12.1 Å². The van der Waals surface area contributed by atoms with E-state index in [1.54, 1.807) is 0 Å². The molecule has 0 aliphatic heterocycles. The number of aryl methyl sites for hydroxylation is 1. The number of nitrogens with two attached hydrogens (primary N) is 1. The van der Waals surface area contributed by atoms with Gasteiger partial charge in [0.2, 0.25) is 0 Å². The molecule has 0 saturated heterocycles. The lowest BCUT2D eigenvalue weighted by atomic mass is 10.1. The predicted molar refractivity (Wildman–Crippen MR) is 84.1 cm³/mol. The van der Waals surface area contributed by atoms with E-state index >= 15 is 0 Å². The van der Waals surface area contributed by atoms with Crippen molar-refractivity contribution in [3.8, 4) is 6.07 Å². The highest BCUT2D eigenvalue weighted by molar-refractivity contribution is 5.66. The average Bonchev–Trinajstić information content (AvgIpc) is 2.49. The van der Waals surface area contributed by atoms with Crippen molar-refractivity contribution in [2.45, 2.75) is 19.8 Å². The van der Waals surface area contributed by atoms with Crippen LogP contribution in [0.15, 0.2) is 42.5 Å². The standard InChI is InChI=1S/C17H19N3/c1-3-13-4-6-15(7-5-13)20(2)16-8-9-17(19)14(12-16)10-11-18/h4-9,12H,3,10,19H2,1-2H3. The van der Waals surface area contributed by atoms with E-state index in [9.17, 15) is 0 Å². The number of nitrogen functional groups attached to an aromatic ring is 1. The molecule has 0 saturated carbocycles. The molecular formula is C17H19N3. The summed E-state index contributed by atoms with van der Waals surface area (Å²) < 4.78 is 0. The van der Waals surface area contributed by atoms with E-state index in [1.807, 2.05) is 25.2 Å². The summed E-state index contributed by atoms with van der Waals surface area (Å²) in [5.41, 5.74) is 10.9. The zero-order chi connectivity index (χ0) is 14.5. The van der Waals surface area contributed by atoms with Crippen molar-refractivity contribution in [3.63, 3.8) is 0 Å². The molecule has 0 aromatic heterocycles. The van der Waals surface area contributed by atoms with E-state index in [-0.39, 0.29) is 0 Å². The summed E-state index contributed by atoms with van der Waals surface area (Å²) in [6.45, 7) is 2.15. The number of hydrogen-bond acceptors (Lipinski definition) is 3. The lowest BCUT2D eigenvalue weighted by Gasteiger charge is -2.21. The highest BCUT2D eigenvalue weighted by Gasteiger charge is 2.07. The quantitative estimate of drug-likeness (QED) is 0.858. The summed E-state index contributed by atoms with van der Waals surface area (Å²) >= 11 is 0. The largest absolute Gasteiger partial charge is 0.398 e. The summed E-state index contributed by atoms with van der Waals surface area (Å²) in [5, 5.41) is 8.83. The van der Waals surface area contributed by atoms with Crippen molar-refractivity contribution in [3.05, 3.63) is 53.6 Å². The first kappa shape index (κ1) is 14.0. The van der Waals surface area contributed by atoms with Gasteiger partial charge in [0.05, 0.1) is 12.5 Å². The number of rotatable bonds is 4. The average molecular weight is 265 g/mol. The maximum absolute atomic E-state index is 8.83. The van der Waals surface area contributed by atoms with Crippen LogP contribution >= 0.6 is 0 Å². The van der Waals surface area contributed by atoms with Crippen LogP contribution in [-0.2, 0) is 12.8 Å². The van der Waals surface area contributed by atoms with E-state index in [0.717, 1.165) is 23.4 Å². The molecule has 0 heterocycles. The number of hydrogen-bond donors (Lipinski definition) is 1. The molecule has 0 aliphatic rings. The van der Waals surface area contributed by atoms with Gasteiger partial charge in [0.15, 0.2) is 0 Å². The summed E-state index contributed by atoms with van der Waals surface area (Å²) in [7, 11) is 2.02. The van der Waals surface area contributed by atoms with Gasteiger partial charge in [0.25, 0.3) is 0 Å². The maximum Gasteiger partial charge on any atom is 0.0670 e. The Morgan fingerprint density at radius 1 is 1.10 bits per heavy atom. The van der Waals surface area contributed by atoms with Crippen molar-refractivity contribution >= 4 is 17.1 Å². The zero-order valence-electron chi connectivity index (χ0n) is 11.9. The number of nitriles is 1. The van der Waals surface area contributed by atoms with Gasteiger partial charge in [-0.2, -0.15) is 5.26 Å². The minimum Gasteiger partial charge on any atom is -0.398 e. The van der Waals surface area contributed by atoms with Gasteiger partial charge in [-0.1, -0.05) is 19.1 Å². The second-order valence-electron chi connectivity index (χ2n) is 4.80. The lowest BCUT2D eigenvalue weighted by molar-refractivity contribution is 1.13. The van der Waals surface area contributed by atoms with Crippen LogP contribution < -0.4 is 10.6 Å². The second-order valence-corrected chi connectivity index (χ2v) is 4.80. The first-order valence-electron chi connectivity index (χ1n) is 6.73. The zero-order valence-corrected chi connectivity index (χ0v) is 11.9. The molecule has 0 spiro atoms. The van der Waals surface area contributed by atoms with Gasteiger partial charge < -0.3 is 10.6 Å². The smallest absolute Gasteiger partial charge is 0.0670 e. The molecule has 3 heteroatoms. The summed E-state index contributed by atoms with van der Waals surface area (Å²) in [6, 6.07) is 16.5. The third-order valence-corrected chi connectivity index (χ3v) is 3.52. The van der Waals surface area contributed by atoms with Crippen molar-refractivity contribution in [1.82, 2.24) is 0 Å². The SMILES string of the molecule is CCc1ccc(N(C)c2ccc(N)c(CC#N)c2)cc1. The molecule has 2 aromatic rings. The fourth-order valence-corrected chi connectivity index (χ4v) is 2.14. The van der Waals surface area contributed by atoms with Crippen LogP contribution in [-0.4, -0.2) is 7.05 Å². The van der Waals surface area contributed by atoms with Crippen LogP contribution in [0, 0.1) is 11.3 Å². The fourth-order valence-electron chi connectivity index (χ4n) is 2.14. The predicted octanol–water partition coefficient (Wildman–Crippen LogP) is 3.67. The second kappa shape index (κ2) is 6.12. The minimum absolute atomic E-state index is 0.336. The van der Waals surface area contributed by atoms with E-state index in [1.165, 1.54) is 5.56 Å². The van der Waals surface area contributed by atoms with Crippen LogP contribution in [0.1, 0.15) is 18.1 Å². The Bertz CT molecular complexity index is 624. The molecule has 0 aliphatic carbocycles. The highest BCUT2D eigenvalue weighted by atomic mass is 15.1. The van der Waals surface area contributed by atoms with Crippen LogP contribution in [0.4, 0.5) is 17.1 Å². The van der Waals surface area contributed by atoms with Gasteiger partial charge in [-0.15, -0.1) is 0 Å². The van der Waals surface area contributed by atoms with Gasteiger partial charge in [-0.05, 0) is 47.9 Å². The number of benzene rings is 2. The Hall–Kier alpha value is -2.47. The Balaban J connectivity index is 2.30. The monoisotopic (exact) mass is 265 g/mol. The summed E-state index contributed by atoms with van der Waals surface area (Å²) in [6.07, 6.45) is 1.38. The molecule has 0 fully saturated rings. The van der Waals surface area contributed by atoms with Gasteiger partial charge in [0, 0.05) is 24.1 Å². The van der Waals surface area contributed by atoms with Crippen LogP contribution in [0.5, 0.6) is 0 Å². The fraction of sp³-hybridized carbons (Fsp3) is 0.235. The maximum atomic E-state index is 8.83.